The molecule has 3 aromatic rings. The molecule has 1 amide bonds. The number of piperazine rings is 1. The van der Waals surface area contributed by atoms with Gasteiger partial charge in [0, 0.05) is 42.8 Å². The second-order valence-electron chi connectivity index (χ2n) is 8.03. The molecule has 2 heterocycles. The van der Waals surface area contributed by atoms with Crippen LogP contribution in [0.25, 0.3) is 10.9 Å². The van der Waals surface area contributed by atoms with E-state index in [-0.39, 0.29) is 24.2 Å². The number of hydrogen-bond donors (Lipinski definition) is 2. The van der Waals surface area contributed by atoms with E-state index in [4.69, 9.17) is 9.47 Å². The lowest BCUT2D eigenvalue weighted by atomic mass is 10.1. The normalized spacial score (nSPS) is 15.3. The number of fused-ring (bicyclic) bond motifs is 1. The maximum atomic E-state index is 13.2. The third kappa shape index (κ3) is 4.80. The van der Waals surface area contributed by atoms with Crippen molar-refractivity contribution < 1.29 is 19.1 Å². The van der Waals surface area contributed by atoms with Crippen LogP contribution in [0.3, 0.4) is 0 Å². The molecule has 0 aliphatic carbocycles. The van der Waals surface area contributed by atoms with Crippen molar-refractivity contribution in [2.75, 3.05) is 50.1 Å². The van der Waals surface area contributed by atoms with Gasteiger partial charge in [0.25, 0.3) is 0 Å². The van der Waals surface area contributed by atoms with Gasteiger partial charge in [0.15, 0.2) is 0 Å². The van der Waals surface area contributed by atoms with Crippen molar-refractivity contribution in [3.63, 3.8) is 0 Å². The van der Waals surface area contributed by atoms with Crippen molar-refractivity contribution in [1.82, 2.24) is 9.88 Å². The first-order valence-electron chi connectivity index (χ1n) is 11.2. The maximum Gasteiger partial charge on any atom is 0.356 e. The van der Waals surface area contributed by atoms with E-state index in [1.54, 1.807) is 26.2 Å². The van der Waals surface area contributed by atoms with Gasteiger partial charge in [-0.25, -0.2) is 4.79 Å². The molecule has 4 rings (SSSR count). The first-order chi connectivity index (χ1) is 16.0. The summed E-state index contributed by atoms with van der Waals surface area (Å²) in [6.07, 6.45) is 0. The Hall–Kier alpha value is -3.52. The highest BCUT2D eigenvalue weighted by Gasteiger charge is 2.28. The predicted octanol–water partition coefficient (Wildman–Crippen LogP) is 3.50. The fourth-order valence-corrected chi connectivity index (χ4v) is 4.18. The number of esters is 1. The Labute approximate surface area is 193 Å². The number of methoxy groups -OCH3 is 1. The van der Waals surface area contributed by atoms with E-state index in [0.29, 0.717) is 16.8 Å². The van der Waals surface area contributed by atoms with Crippen molar-refractivity contribution in [3.05, 3.63) is 54.2 Å². The Balaban J connectivity index is 1.51. The lowest BCUT2D eigenvalue weighted by molar-refractivity contribution is -0.120. The second kappa shape index (κ2) is 9.95. The zero-order valence-electron chi connectivity index (χ0n) is 19.3. The summed E-state index contributed by atoms with van der Waals surface area (Å²) < 4.78 is 10.5. The molecular weight excluding hydrogens is 420 g/mol. The van der Waals surface area contributed by atoms with Crippen molar-refractivity contribution >= 4 is 34.2 Å². The number of aromatic nitrogens is 1. The number of carbonyl (C=O) groups excluding carboxylic acids is 2. The number of ether oxygens (including phenoxy) is 2. The molecule has 0 unspecified atom stereocenters. The second-order valence-corrected chi connectivity index (χ2v) is 8.03. The van der Waals surface area contributed by atoms with Crippen LogP contribution in [0.15, 0.2) is 48.5 Å². The Bertz CT molecular complexity index is 1120. The lowest BCUT2D eigenvalue weighted by Crippen LogP contribution is -2.52. The van der Waals surface area contributed by atoms with Gasteiger partial charge in [-0.3, -0.25) is 9.69 Å². The number of carbonyl (C=O) groups is 2. The van der Waals surface area contributed by atoms with Crippen LogP contribution >= 0.6 is 0 Å². The molecule has 1 aliphatic heterocycles. The minimum Gasteiger partial charge on any atom is -0.497 e. The standard InChI is InChI=1S/C25H30N4O4/c1-4-33-25(31)23-22(20-16-19(32-3)10-11-21(20)26-23)27-24(30)17(2)28-12-14-29(15-13-28)18-8-6-5-7-9-18/h5-11,16-17,26H,4,12-15H2,1-3H3,(H,27,30)/t17-/m0/s1. The molecule has 33 heavy (non-hydrogen) atoms. The Morgan fingerprint density at radius 1 is 1.09 bits per heavy atom. The number of nitrogens with one attached hydrogen (secondary N) is 2. The molecule has 1 aromatic heterocycles. The number of anilines is 2. The monoisotopic (exact) mass is 450 g/mol. The summed E-state index contributed by atoms with van der Waals surface area (Å²) >= 11 is 0. The summed E-state index contributed by atoms with van der Waals surface area (Å²) in [6, 6.07) is 15.4. The third-order valence-electron chi connectivity index (χ3n) is 6.10. The van der Waals surface area contributed by atoms with Crippen molar-refractivity contribution in [1.29, 1.82) is 0 Å². The molecule has 174 valence electrons. The van der Waals surface area contributed by atoms with Crippen LogP contribution in [0.1, 0.15) is 24.3 Å². The average molecular weight is 451 g/mol. The minimum absolute atomic E-state index is 0.169. The number of aromatic amines is 1. The molecule has 1 atom stereocenters. The van der Waals surface area contributed by atoms with Gasteiger partial charge in [-0.1, -0.05) is 18.2 Å². The van der Waals surface area contributed by atoms with Crippen molar-refractivity contribution in [2.45, 2.75) is 19.9 Å². The molecule has 2 N–H and O–H groups in total. The summed E-state index contributed by atoms with van der Waals surface area (Å²) in [7, 11) is 1.58. The minimum atomic E-state index is -0.507. The predicted molar refractivity (Wildman–Crippen MR) is 129 cm³/mol. The number of nitrogens with zero attached hydrogens (tertiary/aromatic N) is 2. The third-order valence-corrected chi connectivity index (χ3v) is 6.10. The molecule has 8 nitrogen and oxygen atoms in total. The van der Waals surface area contributed by atoms with Crippen LogP contribution in [-0.2, 0) is 9.53 Å². The van der Waals surface area contributed by atoms with Gasteiger partial charge in [-0.15, -0.1) is 0 Å². The van der Waals surface area contributed by atoms with Gasteiger partial charge in [0.05, 0.1) is 25.4 Å². The molecule has 0 spiro atoms. The molecule has 1 fully saturated rings. The van der Waals surface area contributed by atoms with E-state index >= 15 is 0 Å². The summed E-state index contributed by atoms with van der Waals surface area (Å²) in [5.41, 5.74) is 2.57. The Morgan fingerprint density at radius 2 is 1.82 bits per heavy atom. The van der Waals surface area contributed by atoms with Crippen LogP contribution in [-0.4, -0.2) is 67.7 Å². The highest BCUT2D eigenvalue weighted by atomic mass is 16.5. The van der Waals surface area contributed by atoms with Crippen LogP contribution in [0.5, 0.6) is 5.75 Å². The van der Waals surface area contributed by atoms with Gasteiger partial charge in [0.1, 0.15) is 11.4 Å². The molecule has 2 aromatic carbocycles. The maximum absolute atomic E-state index is 13.2. The summed E-state index contributed by atoms with van der Waals surface area (Å²) in [5, 5.41) is 3.68. The summed E-state index contributed by atoms with van der Waals surface area (Å²) in [5.74, 6) is -0.0398. The first kappa shape index (κ1) is 22.7. The molecule has 0 radical (unpaired) electrons. The fourth-order valence-electron chi connectivity index (χ4n) is 4.18. The SMILES string of the molecule is CCOC(=O)c1[nH]c2ccc(OC)cc2c1NC(=O)[C@H](C)N1CCN(c2ccccc2)CC1. The van der Waals surface area contributed by atoms with Crippen molar-refractivity contribution in [3.8, 4) is 5.75 Å². The van der Waals surface area contributed by atoms with E-state index in [2.05, 4.69) is 32.2 Å². The number of rotatable bonds is 7. The van der Waals surface area contributed by atoms with E-state index in [1.807, 2.05) is 31.2 Å². The quantitative estimate of drug-likeness (QED) is 0.536. The largest absolute Gasteiger partial charge is 0.497 e. The molecule has 1 saturated heterocycles. The van der Waals surface area contributed by atoms with Crippen LogP contribution in [0, 0.1) is 0 Å². The number of H-pyrrole nitrogens is 1. The highest BCUT2D eigenvalue weighted by molar-refractivity contribution is 6.12. The molecular formula is C25H30N4O4. The van der Waals surface area contributed by atoms with E-state index in [0.717, 1.165) is 31.7 Å². The average Bonchev–Trinajstić information content (AvgIpc) is 3.21. The molecule has 0 saturated carbocycles. The Morgan fingerprint density at radius 3 is 2.48 bits per heavy atom. The zero-order chi connectivity index (χ0) is 23.4. The number of benzene rings is 2. The highest BCUT2D eigenvalue weighted by Crippen LogP contribution is 2.32. The van der Waals surface area contributed by atoms with Gasteiger partial charge in [-0.2, -0.15) is 0 Å². The molecule has 0 bridgehead atoms. The summed E-state index contributed by atoms with van der Waals surface area (Å²) in [4.78, 5) is 33.4. The lowest BCUT2D eigenvalue weighted by Gasteiger charge is -2.38. The smallest absolute Gasteiger partial charge is 0.356 e. The first-order valence-corrected chi connectivity index (χ1v) is 11.2. The van der Waals surface area contributed by atoms with Crippen LogP contribution < -0.4 is 15.0 Å². The molecule has 1 aliphatic rings. The van der Waals surface area contributed by atoms with Crippen molar-refractivity contribution in [2.24, 2.45) is 0 Å². The van der Waals surface area contributed by atoms with Gasteiger partial charge in [0.2, 0.25) is 5.91 Å². The van der Waals surface area contributed by atoms with Gasteiger partial charge in [-0.05, 0) is 44.2 Å². The van der Waals surface area contributed by atoms with Crippen LogP contribution in [0.4, 0.5) is 11.4 Å². The zero-order valence-corrected chi connectivity index (χ0v) is 19.3. The molecule has 8 heteroatoms. The summed E-state index contributed by atoms with van der Waals surface area (Å²) in [6.45, 7) is 7.13. The van der Waals surface area contributed by atoms with Gasteiger partial charge < -0.3 is 24.7 Å². The van der Waals surface area contributed by atoms with E-state index in [1.165, 1.54) is 5.69 Å². The van der Waals surface area contributed by atoms with E-state index < -0.39 is 5.97 Å². The topological polar surface area (TPSA) is 86.9 Å². The number of hydrogen-bond acceptors (Lipinski definition) is 6. The van der Waals surface area contributed by atoms with Gasteiger partial charge >= 0.3 is 5.97 Å². The fraction of sp³-hybridized carbons (Fsp3) is 0.360. The number of para-hydroxylation sites is 1. The van der Waals surface area contributed by atoms with E-state index in [9.17, 15) is 9.59 Å². The van der Waals surface area contributed by atoms with Crippen LogP contribution in [0.2, 0.25) is 0 Å². The Kier molecular flexibility index (Phi) is 6.84. The number of amides is 1.